The lowest BCUT2D eigenvalue weighted by Crippen LogP contribution is -2.06. The lowest BCUT2D eigenvalue weighted by molar-refractivity contribution is 0.711. The fourth-order valence-corrected chi connectivity index (χ4v) is 0.808. The molecule has 0 aromatic rings. The molecule has 0 aromatic heterocycles. The van der Waals surface area contributed by atoms with Gasteiger partial charge in [0.2, 0.25) is 0 Å². The van der Waals surface area contributed by atoms with E-state index in [1.807, 2.05) is 21.1 Å². The Labute approximate surface area is 129 Å². The summed E-state index contributed by atoms with van der Waals surface area (Å²) < 4.78 is 0. The van der Waals surface area contributed by atoms with Gasteiger partial charge in [-0.15, -0.1) is 0 Å². The molecule has 0 unspecified atom stereocenters. The quantitative estimate of drug-likeness (QED) is 0.519. The maximum atomic E-state index is 5.14. The Morgan fingerprint density at radius 3 is 1.15 bits per heavy atom. The van der Waals surface area contributed by atoms with Crippen LogP contribution >= 0.6 is 0 Å². The van der Waals surface area contributed by atoms with E-state index >= 15 is 0 Å². The maximum Gasteiger partial charge on any atom is -0.00520 e. The third kappa shape index (κ3) is 82.3. The highest BCUT2D eigenvalue weighted by Crippen LogP contribution is 1.79. The molecule has 0 saturated heterocycles. The van der Waals surface area contributed by atoms with Crippen LogP contribution in [0.5, 0.6) is 0 Å². The molecule has 0 radical (unpaired) electrons. The van der Waals surface area contributed by atoms with E-state index in [2.05, 4.69) is 43.6 Å². The fourth-order valence-electron chi connectivity index (χ4n) is 0.808. The first-order valence-electron chi connectivity index (χ1n) is 8.30. The van der Waals surface area contributed by atoms with Crippen LogP contribution in [-0.4, -0.2) is 47.3 Å². The summed E-state index contributed by atoms with van der Waals surface area (Å²) in [6.07, 6.45) is 6.21. The van der Waals surface area contributed by atoms with Crippen LogP contribution in [0.1, 0.15) is 59.8 Å². The van der Waals surface area contributed by atoms with Gasteiger partial charge in [0, 0.05) is 0 Å². The number of hydrogen-bond donors (Lipinski definition) is 4. The Hall–Kier alpha value is -0.160. The summed E-state index contributed by atoms with van der Waals surface area (Å²) in [5, 5.41) is 9.02. The standard InChI is InChI=1S/C5H13N.2C4H11N.C3H9N/c1-3-4-5-6-2;1-3-4-5-2;1-2-3-4-5;1-3-4-2/h6H,3-5H2,1-2H3;5H,3-4H2,1-2H3;2-5H2,1H3;4H,3H2,1-2H3. The van der Waals surface area contributed by atoms with Gasteiger partial charge in [-0.05, 0) is 66.6 Å². The molecule has 0 amide bonds. The summed E-state index contributed by atoms with van der Waals surface area (Å²) in [5.41, 5.74) is 5.14. The Morgan fingerprint density at radius 2 is 1.10 bits per heavy atom. The first-order valence-corrected chi connectivity index (χ1v) is 8.30. The third-order valence-electron chi connectivity index (χ3n) is 2.19. The smallest absolute Gasteiger partial charge is 0.00520 e. The van der Waals surface area contributed by atoms with Gasteiger partial charge < -0.3 is 21.7 Å². The van der Waals surface area contributed by atoms with Gasteiger partial charge in [-0.2, -0.15) is 0 Å². The molecule has 0 aliphatic rings. The second kappa shape index (κ2) is 42.8. The highest BCUT2D eigenvalue weighted by atomic mass is 14.8. The summed E-state index contributed by atoms with van der Waals surface area (Å²) in [6, 6.07) is 0. The predicted molar refractivity (Wildman–Crippen MR) is 96.6 cm³/mol. The minimum Gasteiger partial charge on any atom is -0.330 e. The van der Waals surface area contributed by atoms with Crippen LogP contribution in [-0.2, 0) is 0 Å². The van der Waals surface area contributed by atoms with E-state index in [4.69, 9.17) is 5.73 Å². The molecule has 0 aliphatic heterocycles. The molecule has 0 heterocycles. The molecule has 0 fully saturated rings. The van der Waals surface area contributed by atoms with Gasteiger partial charge in [-0.25, -0.2) is 0 Å². The largest absolute Gasteiger partial charge is 0.330 e. The van der Waals surface area contributed by atoms with Crippen molar-refractivity contribution >= 4 is 0 Å². The van der Waals surface area contributed by atoms with Crippen molar-refractivity contribution in [2.75, 3.05) is 47.3 Å². The van der Waals surface area contributed by atoms with Crippen molar-refractivity contribution in [3.05, 3.63) is 0 Å². The predicted octanol–water partition coefficient (Wildman–Crippen LogP) is 2.59. The molecule has 0 saturated carbocycles. The van der Waals surface area contributed by atoms with Gasteiger partial charge in [0.25, 0.3) is 0 Å². The van der Waals surface area contributed by atoms with Crippen LogP contribution in [0.3, 0.4) is 0 Å². The molecule has 5 N–H and O–H groups in total. The second-order valence-electron chi connectivity index (χ2n) is 4.41. The molecule has 20 heavy (non-hydrogen) atoms. The van der Waals surface area contributed by atoms with Crippen LogP contribution in [0, 0.1) is 0 Å². The normalized spacial score (nSPS) is 8.40. The zero-order chi connectivity index (χ0) is 16.5. The van der Waals surface area contributed by atoms with Crippen LogP contribution in [0.25, 0.3) is 0 Å². The van der Waals surface area contributed by atoms with Gasteiger partial charge in [0.1, 0.15) is 0 Å². The highest BCUT2D eigenvalue weighted by Gasteiger charge is 1.73. The van der Waals surface area contributed by atoms with E-state index in [0.29, 0.717) is 0 Å². The van der Waals surface area contributed by atoms with Crippen LogP contribution in [0.4, 0.5) is 0 Å². The molecule has 0 aromatic carbocycles. The first kappa shape index (κ1) is 28.1. The number of nitrogens with one attached hydrogen (secondary N) is 3. The van der Waals surface area contributed by atoms with E-state index in [9.17, 15) is 0 Å². The van der Waals surface area contributed by atoms with Gasteiger partial charge in [0.15, 0.2) is 0 Å². The SMILES string of the molecule is CCCCN.CCCCNC.CCCNC.CCNC. The average Bonchev–Trinajstić information content (AvgIpc) is 2.48. The summed E-state index contributed by atoms with van der Waals surface area (Å²) in [4.78, 5) is 0. The first-order chi connectivity index (χ1) is 9.66. The number of hydrogen-bond acceptors (Lipinski definition) is 4. The Kier molecular flexibility index (Phi) is 60.0. The van der Waals surface area contributed by atoms with Crippen molar-refractivity contribution in [2.45, 2.75) is 59.8 Å². The van der Waals surface area contributed by atoms with E-state index < -0.39 is 0 Å². The van der Waals surface area contributed by atoms with Crippen molar-refractivity contribution in [1.82, 2.24) is 16.0 Å². The van der Waals surface area contributed by atoms with Crippen molar-refractivity contribution < 1.29 is 0 Å². The number of unbranched alkanes of at least 4 members (excludes halogenated alkanes) is 2. The molecule has 0 bridgehead atoms. The minimum absolute atomic E-state index is 0.844. The topological polar surface area (TPSA) is 62.1 Å². The number of rotatable bonds is 8. The van der Waals surface area contributed by atoms with Gasteiger partial charge in [0.05, 0.1) is 0 Å². The third-order valence-corrected chi connectivity index (χ3v) is 2.19. The zero-order valence-electron chi connectivity index (χ0n) is 15.4. The Morgan fingerprint density at radius 1 is 0.650 bits per heavy atom. The second-order valence-corrected chi connectivity index (χ2v) is 4.41. The molecule has 0 spiro atoms. The van der Waals surface area contributed by atoms with Crippen molar-refractivity contribution in [3.63, 3.8) is 0 Å². The van der Waals surface area contributed by atoms with E-state index in [0.717, 1.165) is 26.2 Å². The summed E-state index contributed by atoms with van der Waals surface area (Å²) in [5.74, 6) is 0. The van der Waals surface area contributed by atoms with Gasteiger partial charge in [-0.3, -0.25) is 0 Å². The zero-order valence-corrected chi connectivity index (χ0v) is 15.4. The summed E-state index contributed by atoms with van der Waals surface area (Å²) in [6.45, 7) is 12.8. The molecule has 128 valence electrons. The lowest BCUT2D eigenvalue weighted by Gasteiger charge is -1.89. The minimum atomic E-state index is 0.844. The monoisotopic (exact) mass is 292 g/mol. The molecular formula is C16H44N4. The molecule has 0 rings (SSSR count). The molecule has 0 aliphatic carbocycles. The summed E-state index contributed by atoms with van der Waals surface area (Å²) in [7, 11) is 5.87. The van der Waals surface area contributed by atoms with E-state index in [-0.39, 0.29) is 0 Å². The Bertz CT molecular complexity index is 84.5. The fraction of sp³-hybridized carbons (Fsp3) is 1.00. The highest BCUT2D eigenvalue weighted by molar-refractivity contribution is 4.34. The lowest BCUT2D eigenvalue weighted by atomic mass is 10.3. The average molecular weight is 293 g/mol. The summed E-state index contributed by atoms with van der Waals surface area (Å²) >= 11 is 0. The number of nitrogens with two attached hydrogens (primary N) is 1. The van der Waals surface area contributed by atoms with E-state index in [1.54, 1.807) is 0 Å². The molecular weight excluding hydrogens is 248 g/mol. The van der Waals surface area contributed by atoms with Crippen LogP contribution in [0.15, 0.2) is 0 Å². The van der Waals surface area contributed by atoms with Crippen molar-refractivity contribution in [1.29, 1.82) is 0 Å². The van der Waals surface area contributed by atoms with Crippen LogP contribution < -0.4 is 21.7 Å². The molecule has 4 heteroatoms. The van der Waals surface area contributed by atoms with Gasteiger partial charge >= 0.3 is 0 Å². The van der Waals surface area contributed by atoms with Gasteiger partial charge in [-0.1, -0.05) is 40.5 Å². The van der Waals surface area contributed by atoms with Crippen LogP contribution in [0.2, 0.25) is 0 Å². The van der Waals surface area contributed by atoms with Crippen molar-refractivity contribution in [2.24, 2.45) is 5.73 Å². The molecule has 4 nitrogen and oxygen atoms in total. The maximum absolute atomic E-state index is 5.14. The van der Waals surface area contributed by atoms with Crippen molar-refractivity contribution in [3.8, 4) is 0 Å². The van der Waals surface area contributed by atoms with E-state index in [1.165, 1.54) is 32.1 Å². The Balaban J connectivity index is -0.0000000862. The molecule has 0 atom stereocenters.